The van der Waals surface area contributed by atoms with Crippen LogP contribution in [0.3, 0.4) is 0 Å². The van der Waals surface area contributed by atoms with Crippen LogP contribution in [0.2, 0.25) is 5.02 Å². The first kappa shape index (κ1) is 15.1. The van der Waals surface area contributed by atoms with E-state index in [9.17, 15) is 0 Å². The zero-order chi connectivity index (χ0) is 14.7. The molecule has 21 heavy (non-hydrogen) atoms. The molecule has 0 bridgehead atoms. The zero-order valence-electron chi connectivity index (χ0n) is 11.2. The average molecular weight is 417 g/mol. The van der Waals surface area contributed by atoms with E-state index >= 15 is 0 Å². The molecule has 0 N–H and O–H groups in total. The van der Waals surface area contributed by atoms with Crippen molar-refractivity contribution in [2.24, 2.45) is 0 Å². The minimum absolute atomic E-state index is 0.300. The third-order valence-corrected chi connectivity index (χ3v) is 4.44. The molecule has 0 aliphatic carbocycles. The van der Waals surface area contributed by atoms with Crippen molar-refractivity contribution in [3.05, 3.63) is 62.7 Å². The lowest BCUT2D eigenvalue weighted by Crippen LogP contribution is -2.34. The Balaban J connectivity index is 1.82. The van der Waals surface area contributed by atoms with E-state index in [0.29, 0.717) is 24.8 Å². The van der Waals surface area contributed by atoms with Gasteiger partial charge in [0, 0.05) is 10.6 Å². The van der Waals surface area contributed by atoms with E-state index in [4.69, 9.17) is 25.8 Å². The van der Waals surface area contributed by atoms with Gasteiger partial charge in [0.1, 0.15) is 12.4 Å². The fraction of sp³-hybridized carbons (Fsp3) is 0.250. The van der Waals surface area contributed by atoms with E-state index in [2.05, 4.69) is 22.6 Å². The summed E-state index contributed by atoms with van der Waals surface area (Å²) in [6.45, 7) is 1.41. The van der Waals surface area contributed by atoms with Crippen LogP contribution in [0.1, 0.15) is 5.56 Å². The van der Waals surface area contributed by atoms with Crippen LogP contribution >= 0.6 is 34.2 Å². The highest BCUT2D eigenvalue weighted by molar-refractivity contribution is 14.1. The molecule has 1 aliphatic heterocycles. The van der Waals surface area contributed by atoms with E-state index in [0.717, 1.165) is 14.9 Å². The monoisotopic (exact) mass is 416 g/mol. The summed E-state index contributed by atoms with van der Waals surface area (Å²) in [4.78, 5) is 0. The highest BCUT2D eigenvalue weighted by Gasteiger charge is 2.39. The molecule has 1 saturated heterocycles. The summed E-state index contributed by atoms with van der Waals surface area (Å²) < 4.78 is 18.6. The first-order valence-corrected chi connectivity index (χ1v) is 8.07. The Morgan fingerprint density at radius 1 is 1.05 bits per heavy atom. The van der Waals surface area contributed by atoms with Crippen LogP contribution in [0.5, 0.6) is 5.75 Å². The maximum absolute atomic E-state index is 5.94. The quantitative estimate of drug-likeness (QED) is 0.699. The Morgan fingerprint density at radius 2 is 1.71 bits per heavy atom. The summed E-state index contributed by atoms with van der Waals surface area (Å²) in [5.41, 5.74) is 0.912. The summed E-state index contributed by atoms with van der Waals surface area (Å²) in [6.07, 6.45) is 0. The van der Waals surface area contributed by atoms with Crippen LogP contribution in [-0.2, 0) is 15.3 Å². The summed E-state index contributed by atoms with van der Waals surface area (Å²) in [6, 6.07) is 15.3. The smallest absolute Gasteiger partial charge is 0.230 e. The van der Waals surface area contributed by atoms with Gasteiger partial charge >= 0.3 is 0 Å². The second kappa shape index (κ2) is 6.52. The van der Waals surface area contributed by atoms with Crippen molar-refractivity contribution in [1.29, 1.82) is 0 Å². The average Bonchev–Trinajstić information content (AvgIpc) is 2.97. The van der Waals surface area contributed by atoms with Crippen LogP contribution < -0.4 is 4.74 Å². The number of hydrogen-bond acceptors (Lipinski definition) is 3. The topological polar surface area (TPSA) is 27.7 Å². The molecule has 0 atom stereocenters. The third-order valence-electron chi connectivity index (χ3n) is 3.29. The molecule has 1 fully saturated rings. The minimum Gasteiger partial charge on any atom is -0.486 e. The molecule has 3 rings (SSSR count). The fourth-order valence-corrected chi connectivity index (χ4v) is 2.90. The largest absolute Gasteiger partial charge is 0.486 e. The summed E-state index contributed by atoms with van der Waals surface area (Å²) in [5, 5.41) is 0.686. The van der Waals surface area contributed by atoms with Gasteiger partial charge in [-0.3, -0.25) is 0 Å². The van der Waals surface area contributed by atoms with Crippen molar-refractivity contribution in [1.82, 2.24) is 0 Å². The minimum atomic E-state index is -0.858. The number of para-hydroxylation sites is 1. The van der Waals surface area contributed by atoms with E-state index in [1.807, 2.05) is 48.5 Å². The molecule has 0 unspecified atom stereocenters. The van der Waals surface area contributed by atoms with Gasteiger partial charge in [-0.2, -0.15) is 0 Å². The van der Waals surface area contributed by atoms with Gasteiger partial charge in [-0.25, -0.2) is 0 Å². The molecular weight excluding hydrogens is 403 g/mol. The summed E-state index contributed by atoms with van der Waals surface area (Å²) >= 11 is 8.19. The van der Waals surface area contributed by atoms with Gasteiger partial charge in [-0.1, -0.05) is 35.9 Å². The van der Waals surface area contributed by atoms with Crippen molar-refractivity contribution in [3.63, 3.8) is 0 Å². The normalized spacial score (nSPS) is 16.9. The second-order valence-electron chi connectivity index (χ2n) is 4.68. The van der Waals surface area contributed by atoms with Gasteiger partial charge in [0.25, 0.3) is 0 Å². The molecule has 0 amide bonds. The van der Waals surface area contributed by atoms with E-state index in [1.165, 1.54) is 0 Å². The van der Waals surface area contributed by atoms with Gasteiger partial charge < -0.3 is 14.2 Å². The van der Waals surface area contributed by atoms with Crippen LogP contribution in [0.4, 0.5) is 0 Å². The van der Waals surface area contributed by atoms with E-state index in [-0.39, 0.29) is 0 Å². The number of benzene rings is 2. The number of hydrogen-bond donors (Lipinski definition) is 0. The third kappa shape index (κ3) is 3.34. The standard InChI is InChI=1S/C16H14ClIO3/c17-13-7-5-12(6-8-13)16(20-9-10-21-16)11-19-15-4-2-1-3-14(15)18/h1-8H,9-11H2. The highest BCUT2D eigenvalue weighted by Crippen LogP contribution is 2.33. The van der Waals surface area contributed by atoms with Crippen molar-refractivity contribution < 1.29 is 14.2 Å². The van der Waals surface area contributed by atoms with Crippen molar-refractivity contribution in [3.8, 4) is 5.75 Å². The lowest BCUT2D eigenvalue weighted by atomic mass is 10.1. The van der Waals surface area contributed by atoms with Crippen LogP contribution in [0.25, 0.3) is 0 Å². The van der Waals surface area contributed by atoms with Gasteiger partial charge in [0.05, 0.1) is 16.8 Å². The molecule has 2 aromatic rings. The van der Waals surface area contributed by atoms with Gasteiger partial charge in [-0.15, -0.1) is 0 Å². The first-order valence-electron chi connectivity index (χ1n) is 6.61. The van der Waals surface area contributed by atoms with Crippen LogP contribution in [0.15, 0.2) is 48.5 Å². The van der Waals surface area contributed by atoms with Crippen molar-refractivity contribution in [2.75, 3.05) is 19.8 Å². The zero-order valence-corrected chi connectivity index (χ0v) is 14.1. The Hall–Kier alpha value is -0.820. The lowest BCUT2D eigenvalue weighted by Gasteiger charge is -2.28. The maximum Gasteiger partial charge on any atom is 0.230 e. The molecule has 110 valence electrons. The molecular formula is C16H14ClIO3. The van der Waals surface area contributed by atoms with Gasteiger partial charge in [0.2, 0.25) is 5.79 Å². The predicted molar refractivity (Wildman–Crippen MR) is 89.7 cm³/mol. The van der Waals surface area contributed by atoms with E-state index < -0.39 is 5.79 Å². The SMILES string of the molecule is Clc1ccc(C2(COc3ccccc3I)OCCO2)cc1. The molecule has 5 heteroatoms. The molecule has 1 heterocycles. The Labute approximate surface area is 142 Å². The summed E-state index contributed by atoms with van der Waals surface area (Å²) in [7, 11) is 0. The molecule has 0 aromatic heterocycles. The molecule has 1 aliphatic rings. The summed E-state index contributed by atoms with van der Waals surface area (Å²) in [5.74, 6) is -0.0331. The highest BCUT2D eigenvalue weighted by atomic mass is 127. The van der Waals surface area contributed by atoms with E-state index in [1.54, 1.807) is 0 Å². The molecule has 0 spiro atoms. The number of halogens is 2. The van der Waals surface area contributed by atoms with Gasteiger partial charge in [0.15, 0.2) is 0 Å². The van der Waals surface area contributed by atoms with Crippen LogP contribution in [0, 0.1) is 3.57 Å². The Kier molecular flexibility index (Phi) is 4.69. The maximum atomic E-state index is 5.94. The van der Waals surface area contributed by atoms with Crippen LogP contribution in [-0.4, -0.2) is 19.8 Å². The first-order chi connectivity index (χ1) is 10.2. The molecule has 3 nitrogen and oxygen atoms in total. The predicted octanol–water partition coefficient (Wildman–Crippen LogP) is 4.22. The Morgan fingerprint density at radius 3 is 2.38 bits per heavy atom. The lowest BCUT2D eigenvalue weighted by molar-refractivity contribution is -0.186. The number of ether oxygens (including phenoxy) is 3. The second-order valence-corrected chi connectivity index (χ2v) is 6.27. The fourth-order valence-electron chi connectivity index (χ4n) is 2.23. The molecule has 0 saturated carbocycles. The van der Waals surface area contributed by atoms with Gasteiger partial charge in [-0.05, 0) is 46.9 Å². The molecule has 0 radical (unpaired) electrons. The molecule has 2 aromatic carbocycles. The number of rotatable bonds is 4. The Bertz CT molecular complexity index is 609. The van der Waals surface area contributed by atoms with Crippen molar-refractivity contribution in [2.45, 2.75) is 5.79 Å². The van der Waals surface area contributed by atoms with Crippen molar-refractivity contribution >= 4 is 34.2 Å².